The average Bonchev–Trinajstić information content (AvgIpc) is 3.18. The van der Waals surface area contributed by atoms with Crippen molar-refractivity contribution in [1.29, 1.82) is 0 Å². The summed E-state index contributed by atoms with van der Waals surface area (Å²) in [5.41, 5.74) is 0.331. The van der Waals surface area contributed by atoms with Gasteiger partial charge in [0.15, 0.2) is 0 Å². The highest BCUT2D eigenvalue weighted by molar-refractivity contribution is 5.87. The van der Waals surface area contributed by atoms with Crippen LogP contribution in [-0.2, 0) is 33.4 Å². The summed E-state index contributed by atoms with van der Waals surface area (Å²) in [5.74, 6) is -0.879. The Balaban J connectivity index is -0.000000169. The monoisotopic (exact) mass is 732 g/mol. The van der Waals surface area contributed by atoms with Gasteiger partial charge >= 0.3 is 5.97 Å². The lowest BCUT2D eigenvalue weighted by Gasteiger charge is -1.98. The van der Waals surface area contributed by atoms with Gasteiger partial charge in [0, 0.05) is 0 Å². The van der Waals surface area contributed by atoms with Crippen LogP contribution in [0.3, 0.4) is 0 Å². The number of carboxylic acids is 1. The molecule has 0 bridgehead atoms. The molecule has 4 N–H and O–H groups in total. The Morgan fingerprint density at radius 3 is 0.904 bits per heavy atom. The van der Waals surface area contributed by atoms with E-state index in [1.54, 1.807) is 30.3 Å². The van der Waals surface area contributed by atoms with Crippen LogP contribution in [0.15, 0.2) is 103 Å². The predicted molar refractivity (Wildman–Crippen MR) is 203 cm³/mol. The third kappa shape index (κ3) is 70.7. The molecule has 0 radical (unpaired) electrons. The first-order valence-corrected chi connectivity index (χ1v) is 17.0. The minimum Gasteiger partial charge on any atom is -0.483 e. The molecule has 3 aromatic carbocycles. The molecular formula is C40H60O12. The third-order valence-corrected chi connectivity index (χ3v) is 5.72. The second-order valence-electron chi connectivity index (χ2n) is 9.77. The second-order valence-corrected chi connectivity index (χ2v) is 9.77. The van der Waals surface area contributed by atoms with E-state index in [4.69, 9.17) is 34.8 Å². The van der Waals surface area contributed by atoms with Gasteiger partial charge in [-0.15, -0.1) is 0 Å². The highest BCUT2D eigenvalue weighted by Gasteiger charge is 1.96. The molecule has 12 nitrogen and oxygen atoms in total. The van der Waals surface area contributed by atoms with Crippen molar-refractivity contribution in [3.05, 3.63) is 109 Å². The Kier molecular flexibility index (Phi) is 65.3. The van der Waals surface area contributed by atoms with Gasteiger partial charge in [-0.2, -0.15) is 0 Å². The molecule has 52 heavy (non-hydrogen) atoms. The lowest BCUT2D eigenvalue weighted by atomic mass is 10.1. The second kappa shape index (κ2) is 60.8. The van der Waals surface area contributed by atoms with Gasteiger partial charge in [-0.1, -0.05) is 169 Å². The van der Waals surface area contributed by atoms with E-state index < -0.39 is 5.97 Å². The normalized spacial score (nSPS) is 8.12. The van der Waals surface area contributed by atoms with E-state index in [0.717, 1.165) is 12.8 Å². The van der Waals surface area contributed by atoms with E-state index in [0.29, 0.717) is 31.7 Å². The summed E-state index contributed by atoms with van der Waals surface area (Å²) >= 11 is 0. The van der Waals surface area contributed by atoms with Crippen molar-refractivity contribution in [1.82, 2.24) is 0 Å². The van der Waals surface area contributed by atoms with E-state index in [9.17, 15) is 14.4 Å². The maximum absolute atomic E-state index is 10.2. The van der Waals surface area contributed by atoms with Crippen molar-refractivity contribution < 1.29 is 58.7 Å². The summed E-state index contributed by atoms with van der Waals surface area (Å²) in [6, 6.07) is 32.3. The molecule has 0 amide bonds. The van der Waals surface area contributed by atoms with Crippen molar-refractivity contribution >= 4 is 38.3 Å². The van der Waals surface area contributed by atoms with Crippen LogP contribution in [0.4, 0.5) is 0 Å². The zero-order valence-corrected chi connectivity index (χ0v) is 30.7. The Bertz CT molecular complexity index is 949. The number of unbranched alkanes of at least 4 members (excludes halogenated alkanes) is 10. The number of carbonyl (C=O) groups excluding carboxylic acids is 2. The van der Waals surface area contributed by atoms with Crippen LogP contribution in [0.25, 0.3) is 0 Å². The minimum atomic E-state index is -0.879. The molecular weight excluding hydrogens is 672 g/mol. The highest BCUT2D eigenvalue weighted by atomic mass is 16.5. The van der Waals surface area contributed by atoms with Gasteiger partial charge in [0.05, 0.1) is 18.8 Å². The van der Waals surface area contributed by atoms with Crippen LogP contribution in [0.5, 0.6) is 0 Å². The number of aromatic carboxylic acids is 1. The van der Waals surface area contributed by atoms with Crippen LogP contribution in [0.1, 0.15) is 101 Å². The maximum Gasteiger partial charge on any atom is 0.335 e. The van der Waals surface area contributed by atoms with Gasteiger partial charge in [0.2, 0.25) is 0 Å². The number of ether oxygens (including phenoxy) is 2. The molecule has 0 fully saturated rings. The van der Waals surface area contributed by atoms with Crippen LogP contribution in [0, 0.1) is 0 Å². The lowest BCUT2D eigenvalue weighted by molar-refractivity contribution is -0.129. The van der Waals surface area contributed by atoms with E-state index >= 15 is 0 Å². The first-order chi connectivity index (χ1) is 25.4. The number of hydrogen-bond acceptors (Lipinski definition) is 8. The summed E-state index contributed by atoms with van der Waals surface area (Å²) in [5, 5.41) is 29.1. The molecule has 0 saturated carbocycles. The van der Waals surface area contributed by atoms with Gasteiger partial charge in [0.25, 0.3) is 32.4 Å². The fourth-order valence-electron chi connectivity index (χ4n) is 3.38. The molecule has 0 unspecified atom stereocenters. The number of hydrogen-bond donors (Lipinski definition) is 4. The van der Waals surface area contributed by atoms with E-state index in [2.05, 4.69) is 23.3 Å². The van der Waals surface area contributed by atoms with E-state index in [1.165, 1.54) is 64.2 Å². The zero-order valence-electron chi connectivity index (χ0n) is 30.7. The SMILES string of the molecule is CCCCCCCCOC=O.CCCCCCCCOC=O.O=C(O)c1ccccc1.O=CO.O=CO.O=CO.c1ccccc1.c1ccccc1. The minimum absolute atomic E-state index is 0.250. The largest absolute Gasteiger partial charge is 0.483 e. The molecule has 0 atom stereocenters. The first kappa shape index (κ1) is 55.9. The molecule has 3 aromatic rings. The van der Waals surface area contributed by atoms with E-state index in [-0.39, 0.29) is 19.4 Å². The first-order valence-electron chi connectivity index (χ1n) is 17.0. The quantitative estimate of drug-likeness (QED) is 0.0759. The molecule has 12 heteroatoms. The van der Waals surface area contributed by atoms with Gasteiger partial charge < -0.3 is 29.9 Å². The molecule has 0 heterocycles. The summed E-state index contributed by atoms with van der Waals surface area (Å²) in [7, 11) is 0. The molecule has 0 aliphatic carbocycles. The number of carbonyl (C=O) groups is 6. The fraction of sp³-hybridized carbons (Fsp3) is 0.400. The van der Waals surface area contributed by atoms with Crippen LogP contribution < -0.4 is 0 Å². The Hall–Kier alpha value is -5.52. The number of benzene rings is 3. The highest BCUT2D eigenvalue weighted by Crippen LogP contribution is 2.05. The predicted octanol–water partition coefficient (Wildman–Crippen LogP) is 8.90. The molecule has 0 saturated heterocycles. The number of carboxylic acid groups (broad SMARTS) is 4. The van der Waals surface area contributed by atoms with Crippen molar-refractivity contribution in [3.8, 4) is 0 Å². The molecule has 292 valence electrons. The fourth-order valence-corrected chi connectivity index (χ4v) is 3.38. The van der Waals surface area contributed by atoms with Crippen molar-refractivity contribution in [2.75, 3.05) is 13.2 Å². The van der Waals surface area contributed by atoms with E-state index in [1.807, 2.05) is 72.8 Å². The smallest absolute Gasteiger partial charge is 0.335 e. The Morgan fingerprint density at radius 1 is 0.462 bits per heavy atom. The maximum atomic E-state index is 10.2. The van der Waals surface area contributed by atoms with Gasteiger partial charge in [-0.25, -0.2) is 4.79 Å². The molecule has 0 aliphatic heterocycles. The standard InChI is InChI=1S/2C9H18O2.C7H6O2.2C6H6.3CH2O2/c2*1-2-3-4-5-6-7-8-11-9-10;8-7(9)6-4-2-1-3-5-6;2*1-2-4-6-5-3-1;3*2-1-3/h2*9H,2-8H2,1H3;1-5H,(H,8,9);2*1-6H;3*1H,(H,2,3). The number of rotatable bonds is 17. The summed E-state index contributed by atoms with van der Waals surface area (Å²) < 4.78 is 9.12. The van der Waals surface area contributed by atoms with Crippen molar-refractivity contribution in [2.24, 2.45) is 0 Å². The summed E-state index contributed by atoms with van der Waals surface area (Å²) in [6.45, 7) is 5.88. The van der Waals surface area contributed by atoms with Gasteiger partial charge in [-0.05, 0) is 25.0 Å². The third-order valence-electron chi connectivity index (χ3n) is 5.72. The van der Waals surface area contributed by atoms with Crippen molar-refractivity contribution in [2.45, 2.75) is 90.9 Å². The molecule has 0 spiro atoms. The lowest BCUT2D eigenvalue weighted by Crippen LogP contribution is -1.93. The van der Waals surface area contributed by atoms with Crippen LogP contribution in [-0.4, -0.2) is 72.0 Å². The van der Waals surface area contributed by atoms with Crippen LogP contribution >= 0.6 is 0 Å². The molecule has 0 aliphatic rings. The Morgan fingerprint density at radius 2 is 0.692 bits per heavy atom. The Labute approximate surface area is 309 Å². The molecule has 0 aromatic heterocycles. The van der Waals surface area contributed by atoms with Gasteiger partial charge in [0.1, 0.15) is 0 Å². The topological polar surface area (TPSA) is 202 Å². The average molecular weight is 733 g/mol. The van der Waals surface area contributed by atoms with Crippen molar-refractivity contribution in [3.63, 3.8) is 0 Å². The molecule has 3 rings (SSSR count). The zero-order chi connectivity index (χ0) is 40.0. The summed E-state index contributed by atoms with van der Waals surface area (Å²) in [6.07, 6.45) is 14.8. The summed E-state index contributed by atoms with van der Waals surface area (Å²) in [4.78, 5) is 54.7. The van der Waals surface area contributed by atoms with Gasteiger partial charge in [-0.3, -0.25) is 24.0 Å². The van der Waals surface area contributed by atoms with Crippen LogP contribution in [0.2, 0.25) is 0 Å².